The summed E-state index contributed by atoms with van der Waals surface area (Å²) in [6.45, 7) is -0.348. The van der Waals surface area contributed by atoms with Crippen LogP contribution in [0.4, 0.5) is 0 Å². The molecule has 7 nitrogen and oxygen atoms in total. The van der Waals surface area contributed by atoms with Crippen molar-refractivity contribution < 1.29 is 14.7 Å². The van der Waals surface area contributed by atoms with E-state index in [1.165, 1.54) is 0 Å². The molecule has 94 valence electrons. The fraction of sp³-hybridized carbons (Fsp3) is 0.273. The van der Waals surface area contributed by atoms with Crippen molar-refractivity contribution in [1.29, 1.82) is 0 Å². The Morgan fingerprint density at radius 3 is 2.61 bits per heavy atom. The van der Waals surface area contributed by atoms with Crippen LogP contribution in [0, 0.1) is 0 Å². The van der Waals surface area contributed by atoms with Crippen molar-refractivity contribution >= 4 is 11.9 Å². The third kappa shape index (κ3) is 4.54. The first-order valence-corrected chi connectivity index (χ1v) is 5.20. The Morgan fingerprint density at radius 2 is 2.06 bits per heavy atom. The van der Waals surface area contributed by atoms with Crippen molar-refractivity contribution in [2.75, 3.05) is 6.54 Å². The molecule has 1 atom stereocenters. The molecular formula is C11H12N4O3. The van der Waals surface area contributed by atoms with Gasteiger partial charge in [-0.15, -0.1) is 0 Å². The zero-order valence-electron chi connectivity index (χ0n) is 9.48. The average Bonchev–Trinajstić information content (AvgIpc) is 2.36. The predicted molar refractivity (Wildman–Crippen MR) is 63.6 cm³/mol. The van der Waals surface area contributed by atoms with E-state index < -0.39 is 17.9 Å². The van der Waals surface area contributed by atoms with Gasteiger partial charge in [-0.2, -0.15) is 0 Å². The molecule has 0 heterocycles. The maximum atomic E-state index is 11.4. The molecule has 0 aliphatic carbocycles. The number of azide groups is 1. The number of carboxylic acids is 1. The fourth-order valence-electron chi connectivity index (χ4n) is 1.45. The van der Waals surface area contributed by atoms with Gasteiger partial charge in [0.25, 0.3) is 0 Å². The molecule has 0 radical (unpaired) electrons. The maximum absolute atomic E-state index is 11.4. The molecular weight excluding hydrogens is 236 g/mol. The van der Waals surface area contributed by atoms with Gasteiger partial charge in [-0.3, -0.25) is 9.59 Å². The van der Waals surface area contributed by atoms with E-state index in [1.807, 2.05) is 0 Å². The zero-order chi connectivity index (χ0) is 13.4. The number of nitrogens with one attached hydrogen (secondary N) is 1. The highest BCUT2D eigenvalue weighted by Crippen LogP contribution is 2.16. The number of carbonyl (C=O) groups excluding carboxylic acids is 1. The van der Waals surface area contributed by atoms with E-state index in [9.17, 15) is 9.59 Å². The highest BCUT2D eigenvalue weighted by atomic mass is 16.4. The molecule has 0 aliphatic heterocycles. The summed E-state index contributed by atoms with van der Waals surface area (Å²) in [5.41, 5.74) is 8.79. The van der Waals surface area contributed by atoms with Gasteiger partial charge in [0.05, 0.1) is 12.5 Å². The number of carbonyl (C=O) groups is 2. The molecule has 1 rings (SSSR count). The lowest BCUT2D eigenvalue weighted by atomic mass is 10.0. The number of hydrogen-bond acceptors (Lipinski definition) is 3. The Kier molecular flexibility index (Phi) is 5.21. The van der Waals surface area contributed by atoms with Crippen molar-refractivity contribution in [2.45, 2.75) is 12.5 Å². The molecule has 0 fully saturated rings. The monoisotopic (exact) mass is 248 g/mol. The molecule has 1 aromatic carbocycles. The summed E-state index contributed by atoms with van der Waals surface area (Å²) in [4.78, 5) is 24.6. The number of nitrogens with zero attached hydrogens (tertiary/aromatic N) is 3. The molecule has 7 heteroatoms. The van der Waals surface area contributed by atoms with Gasteiger partial charge in [0, 0.05) is 4.91 Å². The van der Waals surface area contributed by atoms with Crippen LogP contribution >= 0.6 is 0 Å². The first-order valence-electron chi connectivity index (χ1n) is 5.20. The number of carboxylic acid groups (broad SMARTS) is 1. The van der Waals surface area contributed by atoms with Crippen LogP contribution in [-0.4, -0.2) is 23.5 Å². The Balaban J connectivity index is 2.76. The van der Waals surface area contributed by atoms with Crippen molar-refractivity contribution in [2.24, 2.45) is 5.11 Å². The summed E-state index contributed by atoms with van der Waals surface area (Å²) < 4.78 is 0. The van der Waals surface area contributed by atoms with Gasteiger partial charge in [-0.05, 0) is 11.1 Å². The summed E-state index contributed by atoms with van der Waals surface area (Å²) in [5, 5.41) is 14.4. The number of hydrogen-bond donors (Lipinski definition) is 2. The molecule has 1 amide bonds. The molecule has 0 saturated carbocycles. The van der Waals surface area contributed by atoms with E-state index >= 15 is 0 Å². The Labute approximate surface area is 103 Å². The van der Waals surface area contributed by atoms with Gasteiger partial charge in [-0.1, -0.05) is 35.4 Å². The van der Waals surface area contributed by atoms with Crippen LogP contribution < -0.4 is 5.32 Å². The molecule has 0 aliphatic rings. The van der Waals surface area contributed by atoms with Crippen LogP contribution in [0.5, 0.6) is 0 Å². The molecule has 0 unspecified atom stereocenters. The third-order valence-corrected chi connectivity index (χ3v) is 2.19. The van der Waals surface area contributed by atoms with E-state index in [1.54, 1.807) is 30.3 Å². The van der Waals surface area contributed by atoms with Gasteiger partial charge in [0.2, 0.25) is 5.91 Å². The average molecular weight is 248 g/mol. The number of aliphatic carboxylic acids is 1. The summed E-state index contributed by atoms with van der Waals surface area (Å²) in [6.07, 6.45) is -0.230. The van der Waals surface area contributed by atoms with Crippen LogP contribution in [0.2, 0.25) is 0 Å². The van der Waals surface area contributed by atoms with Gasteiger partial charge in [0.15, 0.2) is 0 Å². The Hall–Kier alpha value is -2.53. The maximum Gasteiger partial charge on any atom is 0.305 e. The molecule has 18 heavy (non-hydrogen) atoms. The largest absolute Gasteiger partial charge is 0.481 e. The summed E-state index contributed by atoms with van der Waals surface area (Å²) in [6, 6.07) is 8.12. The van der Waals surface area contributed by atoms with Gasteiger partial charge in [-0.25, -0.2) is 0 Å². The first-order chi connectivity index (χ1) is 8.63. The predicted octanol–water partition coefficient (Wildman–Crippen LogP) is 1.63. The van der Waals surface area contributed by atoms with E-state index in [2.05, 4.69) is 15.3 Å². The second-order valence-electron chi connectivity index (χ2n) is 3.52. The van der Waals surface area contributed by atoms with Crippen molar-refractivity contribution in [1.82, 2.24) is 5.32 Å². The second kappa shape index (κ2) is 6.93. The van der Waals surface area contributed by atoms with Crippen molar-refractivity contribution in [3.63, 3.8) is 0 Å². The topological polar surface area (TPSA) is 115 Å². The summed E-state index contributed by atoms with van der Waals surface area (Å²) in [5.74, 6) is -1.53. The molecule has 0 spiro atoms. The van der Waals surface area contributed by atoms with Crippen LogP contribution in [0.25, 0.3) is 10.4 Å². The van der Waals surface area contributed by atoms with E-state index in [0.29, 0.717) is 5.56 Å². The molecule has 1 aromatic rings. The smallest absolute Gasteiger partial charge is 0.305 e. The van der Waals surface area contributed by atoms with E-state index in [0.717, 1.165) is 0 Å². The van der Waals surface area contributed by atoms with Crippen LogP contribution in [0.3, 0.4) is 0 Å². The number of benzene rings is 1. The lowest BCUT2D eigenvalue weighted by Crippen LogP contribution is -2.31. The zero-order valence-corrected chi connectivity index (χ0v) is 9.48. The summed E-state index contributed by atoms with van der Waals surface area (Å²) in [7, 11) is 0. The van der Waals surface area contributed by atoms with E-state index in [4.69, 9.17) is 10.6 Å². The lowest BCUT2D eigenvalue weighted by Gasteiger charge is -2.16. The van der Waals surface area contributed by atoms with Crippen molar-refractivity contribution in [3.8, 4) is 0 Å². The molecule has 0 aromatic heterocycles. The third-order valence-electron chi connectivity index (χ3n) is 2.19. The SMILES string of the molecule is [N-]=[N+]=NCC(=O)N[C@H](CC(=O)O)c1ccccc1. The van der Waals surface area contributed by atoms with Crippen molar-refractivity contribution in [3.05, 3.63) is 46.3 Å². The minimum absolute atomic E-state index is 0.230. The minimum atomic E-state index is -1.02. The standard InChI is InChI=1S/C11H12N4O3/c12-15-13-7-10(16)14-9(6-11(17)18)8-4-2-1-3-5-8/h1-5,9H,6-7H2,(H,14,16)(H,17,18)/t9-/m1/s1. The molecule has 2 N–H and O–H groups in total. The van der Waals surface area contributed by atoms with Gasteiger partial charge < -0.3 is 10.4 Å². The van der Waals surface area contributed by atoms with Crippen LogP contribution in [0.1, 0.15) is 18.0 Å². The summed E-state index contributed by atoms with van der Waals surface area (Å²) >= 11 is 0. The Morgan fingerprint density at radius 1 is 1.39 bits per heavy atom. The molecule has 0 bridgehead atoms. The van der Waals surface area contributed by atoms with Crippen LogP contribution in [0.15, 0.2) is 35.4 Å². The van der Waals surface area contributed by atoms with Gasteiger partial charge in [0.1, 0.15) is 6.54 Å². The van der Waals surface area contributed by atoms with E-state index in [-0.39, 0.29) is 13.0 Å². The quantitative estimate of drug-likeness (QED) is 0.452. The lowest BCUT2D eigenvalue weighted by molar-refractivity contribution is -0.137. The normalized spacial score (nSPS) is 11.1. The first kappa shape index (κ1) is 13.5. The fourth-order valence-corrected chi connectivity index (χ4v) is 1.45. The second-order valence-corrected chi connectivity index (χ2v) is 3.52. The highest BCUT2D eigenvalue weighted by molar-refractivity contribution is 5.79. The van der Waals surface area contributed by atoms with Crippen LogP contribution in [-0.2, 0) is 9.59 Å². The number of amides is 1. The van der Waals surface area contributed by atoms with Gasteiger partial charge >= 0.3 is 5.97 Å². The highest BCUT2D eigenvalue weighted by Gasteiger charge is 2.17. The number of rotatable bonds is 6. The Bertz CT molecular complexity index is 468. The molecule has 0 saturated heterocycles. The minimum Gasteiger partial charge on any atom is -0.481 e.